The van der Waals surface area contributed by atoms with Crippen molar-refractivity contribution >= 4 is 38.6 Å². The normalized spacial score (nSPS) is 16.4. The number of nitrogens with two attached hydrogens (primary N) is 1. The molecule has 6 nitrogen and oxygen atoms in total. The number of piperazine rings is 1. The highest BCUT2D eigenvalue weighted by molar-refractivity contribution is 9.10. The van der Waals surface area contributed by atoms with E-state index < -0.39 is 6.04 Å². The number of halogens is 1. The zero-order chi connectivity index (χ0) is 18.8. The van der Waals surface area contributed by atoms with Gasteiger partial charge in [-0.2, -0.15) is 0 Å². The summed E-state index contributed by atoms with van der Waals surface area (Å²) in [5.41, 5.74) is 7.58. The molecule has 2 aromatic carbocycles. The van der Waals surface area contributed by atoms with Gasteiger partial charge in [0.05, 0.1) is 5.52 Å². The molecule has 1 aliphatic rings. The third kappa shape index (κ3) is 3.65. The number of nitrogens with zero attached hydrogens (tertiary/aromatic N) is 4. The van der Waals surface area contributed by atoms with Crippen LogP contribution in [0, 0.1) is 0 Å². The highest BCUT2D eigenvalue weighted by atomic mass is 79.9. The number of aromatic nitrogens is 2. The van der Waals surface area contributed by atoms with Gasteiger partial charge in [0.1, 0.15) is 18.2 Å². The number of benzene rings is 2. The molecule has 4 rings (SSSR count). The molecule has 7 heteroatoms. The van der Waals surface area contributed by atoms with Crippen LogP contribution < -0.4 is 10.6 Å². The molecule has 0 saturated carbocycles. The maximum atomic E-state index is 12.1. The van der Waals surface area contributed by atoms with E-state index in [0.29, 0.717) is 0 Å². The predicted octanol–water partition coefficient (Wildman–Crippen LogP) is 2.74. The van der Waals surface area contributed by atoms with Crippen LogP contribution in [-0.2, 0) is 4.79 Å². The zero-order valence-electron chi connectivity index (χ0n) is 14.8. The van der Waals surface area contributed by atoms with Crippen molar-refractivity contribution in [1.82, 2.24) is 14.9 Å². The summed E-state index contributed by atoms with van der Waals surface area (Å²) in [6, 6.07) is 15.3. The van der Waals surface area contributed by atoms with Crippen molar-refractivity contribution in [3.05, 3.63) is 64.9 Å². The maximum absolute atomic E-state index is 12.1. The monoisotopic (exact) mass is 425 g/mol. The van der Waals surface area contributed by atoms with Gasteiger partial charge in [-0.3, -0.25) is 9.69 Å². The molecule has 1 unspecified atom stereocenters. The van der Waals surface area contributed by atoms with Crippen molar-refractivity contribution in [2.75, 3.05) is 31.1 Å². The van der Waals surface area contributed by atoms with E-state index in [2.05, 4.69) is 35.7 Å². The molecular weight excluding hydrogens is 406 g/mol. The molecule has 138 valence electrons. The number of anilines is 1. The van der Waals surface area contributed by atoms with E-state index in [4.69, 9.17) is 5.73 Å². The Morgan fingerprint density at radius 2 is 1.78 bits per heavy atom. The number of carbonyl (C=O) groups is 1. The molecule has 1 aromatic heterocycles. The molecule has 1 aliphatic heterocycles. The van der Waals surface area contributed by atoms with Crippen molar-refractivity contribution < 1.29 is 4.79 Å². The Bertz CT molecular complexity index is 957. The highest BCUT2D eigenvalue weighted by Crippen LogP contribution is 2.28. The van der Waals surface area contributed by atoms with Gasteiger partial charge in [-0.05, 0) is 23.8 Å². The summed E-state index contributed by atoms with van der Waals surface area (Å²) in [6.07, 6.45) is 1.61. The van der Waals surface area contributed by atoms with Crippen LogP contribution in [0.1, 0.15) is 11.6 Å². The Labute approximate surface area is 166 Å². The standard InChI is InChI=1S/C20H20BrN5O/c21-15-6-7-17-16(12-15)20(24-13-23-17)26-10-8-25(9-11-26)18(19(22)27)14-4-2-1-3-5-14/h1-7,12-13,18H,8-11H2,(H2,22,27). The molecule has 0 aliphatic carbocycles. The molecule has 0 spiro atoms. The van der Waals surface area contributed by atoms with Gasteiger partial charge in [0.2, 0.25) is 5.91 Å². The van der Waals surface area contributed by atoms with Gasteiger partial charge in [0.15, 0.2) is 0 Å². The molecule has 0 radical (unpaired) electrons. The fourth-order valence-corrected chi connectivity index (χ4v) is 4.01. The predicted molar refractivity (Wildman–Crippen MR) is 109 cm³/mol. The van der Waals surface area contributed by atoms with Crippen molar-refractivity contribution in [2.24, 2.45) is 5.73 Å². The number of hydrogen-bond donors (Lipinski definition) is 1. The van der Waals surface area contributed by atoms with E-state index in [1.165, 1.54) is 0 Å². The van der Waals surface area contributed by atoms with E-state index in [-0.39, 0.29) is 5.91 Å². The number of hydrogen-bond acceptors (Lipinski definition) is 5. The molecule has 0 bridgehead atoms. The Morgan fingerprint density at radius 1 is 1.04 bits per heavy atom. The number of carbonyl (C=O) groups excluding carboxylic acids is 1. The summed E-state index contributed by atoms with van der Waals surface area (Å²) in [7, 11) is 0. The molecule has 1 atom stereocenters. The first kappa shape index (κ1) is 17.9. The summed E-state index contributed by atoms with van der Waals surface area (Å²) < 4.78 is 1.00. The average molecular weight is 426 g/mol. The van der Waals surface area contributed by atoms with Gasteiger partial charge in [0, 0.05) is 36.0 Å². The first-order valence-corrected chi connectivity index (χ1v) is 9.66. The molecule has 2 heterocycles. The van der Waals surface area contributed by atoms with Crippen LogP contribution in [0.15, 0.2) is 59.3 Å². The van der Waals surface area contributed by atoms with Crippen molar-refractivity contribution in [3.63, 3.8) is 0 Å². The van der Waals surface area contributed by atoms with Gasteiger partial charge >= 0.3 is 0 Å². The summed E-state index contributed by atoms with van der Waals surface area (Å²) in [5.74, 6) is 0.613. The smallest absolute Gasteiger partial charge is 0.239 e. The molecule has 27 heavy (non-hydrogen) atoms. The second kappa shape index (κ2) is 7.62. The number of fused-ring (bicyclic) bond motifs is 1. The van der Waals surface area contributed by atoms with E-state index in [0.717, 1.165) is 52.9 Å². The lowest BCUT2D eigenvalue weighted by Crippen LogP contribution is -2.50. The minimum absolute atomic E-state index is 0.314. The lowest BCUT2D eigenvalue weighted by atomic mass is 10.0. The Hall–Kier alpha value is -2.51. The number of amides is 1. The van der Waals surface area contributed by atoms with Crippen LogP contribution in [-0.4, -0.2) is 47.0 Å². The lowest BCUT2D eigenvalue weighted by molar-refractivity contribution is -0.123. The zero-order valence-corrected chi connectivity index (χ0v) is 16.3. The maximum Gasteiger partial charge on any atom is 0.239 e. The van der Waals surface area contributed by atoms with Crippen LogP contribution in [0.5, 0.6) is 0 Å². The summed E-state index contributed by atoms with van der Waals surface area (Å²) >= 11 is 3.53. The van der Waals surface area contributed by atoms with Crippen LogP contribution in [0.2, 0.25) is 0 Å². The summed E-state index contributed by atoms with van der Waals surface area (Å²) in [5, 5.41) is 1.02. The first-order valence-electron chi connectivity index (χ1n) is 8.87. The molecule has 1 amide bonds. The third-order valence-electron chi connectivity index (χ3n) is 4.94. The second-order valence-electron chi connectivity index (χ2n) is 6.60. The van der Waals surface area contributed by atoms with Crippen molar-refractivity contribution in [1.29, 1.82) is 0 Å². The average Bonchev–Trinajstić information content (AvgIpc) is 2.69. The third-order valence-corrected chi connectivity index (χ3v) is 5.43. The topological polar surface area (TPSA) is 75.4 Å². The van der Waals surface area contributed by atoms with Crippen molar-refractivity contribution in [3.8, 4) is 0 Å². The molecular formula is C20H20BrN5O. The fourth-order valence-electron chi connectivity index (χ4n) is 3.65. The molecule has 3 aromatic rings. The van der Waals surface area contributed by atoms with Crippen LogP contribution in [0.4, 0.5) is 5.82 Å². The van der Waals surface area contributed by atoms with Gasteiger partial charge in [0.25, 0.3) is 0 Å². The largest absolute Gasteiger partial charge is 0.368 e. The minimum Gasteiger partial charge on any atom is -0.368 e. The van der Waals surface area contributed by atoms with E-state index in [9.17, 15) is 4.79 Å². The van der Waals surface area contributed by atoms with E-state index in [1.54, 1.807) is 6.33 Å². The first-order chi connectivity index (χ1) is 13.1. The SMILES string of the molecule is NC(=O)C(c1ccccc1)N1CCN(c2ncnc3ccc(Br)cc23)CC1. The second-order valence-corrected chi connectivity index (χ2v) is 7.51. The van der Waals surface area contributed by atoms with Crippen molar-refractivity contribution in [2.45, 2.75) is 6.04 Å². The van der Waals surface area contributed by atoms with Gasteiger partial charge in [-0.25, -0.2) is 9.97 Å². The minimum atomic E-state index is -0.398. The van der Waals surface area contributed by atoms with Crippen LogP contribution in [0.3, 0.4) is 0 Å². The van der Waals surface area contributed by atoms with Gasteiger partial charge in [-0.15, -0.1) is 0 Å². The van der Waals surface area contributed by atoms with E-state index >= 15 is 0 Å². The van der Waals surface area contributed by atoms with Gasteiger partial charge in [-0.1, -0.05) is 46.3 Å². The molecule has 1 fully saturated rings. The highest BCUT2D eigenvalue weighted by Gasteiger charge is 2.29. The Morgan fingerprint density at radius 3 is 2.48 bits per heavy atom. The number of primary amides is 1. The Kier molecular flexibility index (Phi) is 5.05. The number of rotatable bonds is 4. The van der Waals surface area contributed by atoms with Crippen LogP contribution in [0.25, 0.3) is 10.9 Å². The van der Waals surface area contributed by atoms with Crippen LogP contribution >= 0.6 is 15.9 Å². The molecule has 2 N–H and O–H groups in total. The Balaban J connectivity index is 1.55. The van der Waals surface area contributed by atoms with E-state index in [1.807, 2.05) is 48.5 Å². The fraction of sp³-hybridized carbons (Fsp3) is 0.250. The summed E-state index contributed by atoms with van der Waals surface area (Å²) in [4.78, 5) is 25.4. The molecule has 1 saturated heterocycles. The summed E-state index contributed by atoms with van der Waals surface area (Å²) in [6.45, 7) is 3.02. The quantitative estimate of drug-likeness (QED) is 0.695. The van der Waals surface area contributed by atoms with Gasteiger partial charge < -0.3 is 10.6 Å². The lowest BCUT2D eigenvalue weighted by Gasteiger charge is -2.39.